The summed E-state index contributed by atoms with van der Waals surface area (Å²) in [5.41, 5.74) is 6.32. The molecule has 0 aromatic carbocycles. The summed E-state index contributed by atoms with van der Waals surface area (Å²) in [5, 5.41) is 3.30. The van der Waals surface area contributed by atoms with Crippen molar-refractivity contribution in [3.05, 3.63) is 0 Å². The topological polar surface area (TPSA) is 56.9 Å². The molecular weight excluding hydrogens is 401 g/mol. The van der Waals surface area contributed by atoms with Crippen molar-refractivity contribution >= 4 is 29.9 Å². The quantitative estimate of drug-likeness (QED) is 0.394. The van der Waals surface area contributed by atoms with Crippen LogP contribution in [0, 0.1) is 0 Å². The molecular formula is C17H36IN5. The summed E-state index contributed by atoms with van der Waals surface area (Å²) in [4.78, 5) is 9.88. The molecule has 0 aromatic rings. The average molecular weight is 437 g/mol. The van der Waals surface area contributed by atoms with E-state index in [2.05, 4.69) is 36.0 Å². The van der Waals surface area contributed by atoms with Gasteiger partial charge in [0.25, 0.3) is 0 Å². The van der Waals surface area contributed by atoms with Crippen molar-refractivity contribution in [2.24, 2.45) is 10.7 Å². The summed E-state index contributed by atoms with van der Waals surface area (Å²) in [6, 6.07) is 0.396. The highest BCUT2D eigenvalue weighted by molar-refractivity contribution is 14.0. The molecule has 2 aliphatic heterocycles. The van der Waals surface area contributed by atoms with E-state index in [1.54, 1.807) is 0 Å². The fourth-order valence-electron chi connectivity index (χ4n) is 3.61. The number of hydrogen-bond acceptors (Lipinski definition) is 3. The van der Waals surface area contributed by atoms with Crippen LogP contribution in [0.25, 0.3) is 0 Å². The summed E-state index contributed by atoms with van der Waals surface area (Å²) in [6.07, 6.45) is 7.54. The Morgan fingerprint density at radius 2 is 1.78 bits per heavy atom. The maximum atomic E-state index is 6.09. The van der Waals surface area contributed by atoms with Crippen molar-refractivity contribution in [1.29, 1.82) is 0 Å². The molecule has 3 N–H and O–H groups in total. The van der Waals surface area contributed by atoms with Crippen molar-refractivity contribution < 1.29 is 0 Å². The lowest BCUT2D eigenvalue weighted by molar-refractivity contribution is 0.0208. The van der Waals surface area contributed by atoms with Gasteiger partial charge in [-0.2, -0.15) is 0 Å². The Bertz CT molecular complexity index is 360. The normalized spacial score (nSPS) is 24.7. The van der Waals surface area contributed by atoms with Gasteiger partial charge >= 0.3 is 0 Å². The molecule has 0 spiro atoms. The molecule has 0 radical (unpaired) electrons. The van der Waals surface area contributed by atoms with Crippen LogP contribution in [-0.2, 0) is 0 Å². The van der Waals surface area contributed by atoms with E-state index in [1.165, 1.54) is 58.3 Å². The van der Waals surface area contributed by atoms with Crippen molar-refractivity contribution in [3.8, 4) is 0 Å². The molecule has 2 aliphatic rings. The first-order valence-corrected chi connectivity index (χ1v) is 9.06. The Kier molecular flexibility index (Phi) is 9.15. The third kappa shape index (κ3) is 6.05. The number of piperidine rings is 2. The Morgan fingerprint density at radius 1 is 1.17 bits per heavy atom. The van der Waals surface area contributed by atoms with E-state index in [1.807, 2.05) is 0 Å². The first kappa shape index (κ1) is 21.0. The molecule has 0 amide bonds. The van der Waals surface area contributed by atoms with Crippen molar-refractivity contribution in [2.75, 3.05) is 39.8 Å². The minimum absolute atomic E-state index is 0. The van der Waals surface area contributed by atoms with Crippen molar-refractivity contribution in [1.82, 2.24) is 15.1 Å². The number of likely N-dealkylation sites (tertiary alicyclic amines) is 2. The molecule has 2 heterocycles. The maximum absolute atomic E-state index is 6.09. The molecule has 1 unspecified atom stereocenters. The molecule has 2 saturated heterocycles. The van der Waals surface area contributed by atoms with Crippen molar-refractivity contribution in [2.45, 2.75) is 64.0 Å². The lowest BCUT2D eigenvalue weighted by Crippen LogP contribution is -2.58. The maximum Gasteiger partial charge on any atom is 0.188 e. The zero-order valence-electron chi connectivity index (χ0n) is 15.2. The first-order chi connectivity index (χ1) is 10.6. The molecule has 6 heteroatoms. The third-order valence-electron chi connectivity index (χ3n) is 5.50. The van der Waals surface area contributed by atoms with Gasteiger partial charge in [0.2, 0.25) is 0 Å². The van der Waals surface area contributed by atoms with Crippen LogP contribution in [0.4, 0.5) is 0 Å². The van der Waals surface area contributed by atoms with Crippen LogP contribution in [0.3, 0.4) is 0 Å². The molecule has 0 aromatic heterocycles. The SMILES string of the molecule is CCC(C)NC(N)=NCC1(N2CCCCC2)CCN(C)CC1.I. The Hall–Kier alpha value is -0.0800. The van der Waals surface area contributed by atoms with E-state index in [9.17, 15) is 0 Å². The highest BCUT2D eigenvalue weighted by atomic mass is 127. The van der Waals surface area contributed by atoms with Crippen LogP contribution in [0.15, 0.2) is 4.99 Å². The fourth-order valence-corrected chi connectivity index (χ4v) is 3.61. The first-order valence-electron chi connectivity index (χ1n) is 9.06. The highest BCUT2D eigenvalue weighted by Gasteiger charge is 2.39. The number of aliphatic imine (C=N–C) groups is 1. The molecule has 2 rings (SSSR count). The zero-order chi connectivity index (χ0) is 16.0. The predicted octanol–water partition coefficient (Wildman–Crippen LogP) is 2.26. The summed E-state index contributed by atoms with van der Waals surface area (Å²) in [7, 11) is 2.22. The van der Waals surface area contributed by atoms with E-state index >= 15 is 0 Å². The van der Waals surface area contributed by atoms with E-state index in [0.717, 1.165) is 13.0 Å². The predicted molar refractivity (Wildman–Crippen MR) is 110 cm³/mol. The van der Waals surface area contributed by atoms with Crippen LogP contribution in [-0.4, -0.2) is 67.1 Å². The third-order valence-corrected chi connectivity index (χ3v) is 5.50. The minimum Gasteiger partial charge on any atom is -0.370 e. The number of nitrogens with two attached hydrogens (primary N) is 1. The largest absolute Gasteiger partial charge is 0.370 e. The second-order valence-corrected chi connectivity index (χ2v) is 7.23. The van der Waals surface area contributed by atoms with Gasteiger partial charge in [-0.05, 0) is 72.3 Å². The minimum atomic E-state index is 0. The lowest BCUT2D eigenvalue weighted by Gasteiger charge is -2.49. The number of hydrogen-bond donors (Lipinski definition) is 2. The van der Waals surface area contributed by atoms with Crippen LogP contribution in [0.1, 0.15) is 52.4 Å². The molecule has 23 heavy (non-hydrogen) atoms. The molecule has 0 saturated carbocycles. The van der Waals surface area contributed by atoms with Crippen LogP contribution < -0.4 is 11.1 Å². The Balaban J connectivity index is 0.00000264. The van der Waals surface area contributed by atoms with Gasteiger partial charge in [0, 0.05) is 11.6 Å². The molecule has 2 fully saturated rings. The van der Waals surface area contributed by atoms with E-state index in [-0.39, 0.29) is 29.5 Å². The van der Waals surface area contributed by atoms with Gasteiger partial charge in [0.05, 0.1) is 6.54 Å². The van der Waals surface area contributed by atoms with Gasteiger partial charge in [0.1, 0.15) is 0 Å². The number of halogens is 1. The van der Waals surface area contributed by atoms with Gasteiger partial charge < -0.3 is 16.0 Å². The molecule has 0 aliphatic carbocycles. The average Bonchev–Trinajstić information content (AvgIpc) is 2.55. The highest BCUT2D eigenvalue weighted by Crippen LogP contribution is 2.31. The van der Waals surface area contributed by atoms with E-state index < -0.39 is 0 Å². The van der Waals surface area contributed by atoms with E-state index in [4.69, 9.17) is 10.7 Å². The summed E-state index contributed by atoms with van der Waals surface area (Å²) in [5.74, 6) is 0.615. The summed E-state index contributed by atoms with van der Waals surface area (Å²) in [6.45, 7) is 9.97. The second kappa shape index (κ2) is 10.0. The number of guanidine groups is 1. The summed E-state index contributed by atoms with van der Waals surface area (Å²) >= 11 is 0. The molecule has 5 nitrogen and oxygen atoms in total. The zero-order valence-corrected chi connectivity index (χ0v) is 17.5. The second-order valence-electron chi connectivity index (χ2n) is 7.23. The van der Waals surface area contributed by atoms with Gasteiger partial charge in [-0.25, -0.2) is 0 Å². The summed E-state index contributed by atoms with van der Waals surface area (Å²) < 4.78 is 0. The standard InChI is InChI=1S/C17H35N5.HI/c1-4-15(2)20-16(18)19-14-17(8-12-21(3)13-9-17)22-10-6-5-7-11-22;/h15H,4-14H2,1-3H3,(H3,18,19,20);1H. The number of nitrogens with zero attached hydrogens (tertiary/aromatic N) is 3. The number of rotatable bonds is 5. The van der Waals surface area contributed by atoms with Crippen LogP contribution in [0.5, 0.6) is 0 Å². The lowest BCUT2D eigenvalue weighted by atomic mass is 9.84. The Labute approximate surface area is 159 Å². The van der Waals surface area contributed by atoms with Crippen molar-refractivity contribution in [3.63, 3.8) is 0 Å². The van der Waals surface area contributed by atoms with Gasteiger partial charge in [0.15, 0.2) is 5.96 Å². The van der Waals surface area contributed by atoms with Gasteiger partial charge in [-0.3, -0.25) is 9.89 Å². The monoisotopic (exact) mass is 437 g/mol. The fraction of sp³-hybridized carbons (Fsp3) is 0.941. The van der Waals surface area contributed by atoms with Gasteiger partial charge in [-0.15, -0.1) is 24.0 Å². The van der Waals surface area contributed by atoms with Gasteiger partial charge in [-0.1, -0.05) is 13.3 Å². The molecule has 1 atom stereocenters. The Morgan fingerprint density at radius 3 is 2.35 bits per heavy atom. The van der Waals surface area contributed by atoms with Crippen LogP contribution >= 0.6 is 24.0 Å². The van der Waals surface area contributed by atoms with E-state index in [0.29, 0.717) is 12.0 Å². The smallest absolute Gasteiger partial charge is 0.188 e. The molecule has 136 valence electrons. The van der Waals surface area contributed by atoms with Crippen LogP contribution in [0.2, 0.25) is 0 Å². The number of nitrogens with one attached hydrogen (secondary N) is 1. The molecule has 0 bridgehead atoms.